The molecule has 2 fully saturated rings. The van der Waals surface area contributed by atoms with Gasteiger partial charge in [0.25, 0.3) is 0 Å². The van der Waals surface area contributed by atoms with Gasteiger partial charge in [0, 0.05) is 32.2 Å². The first kappa shape index (κ1) is 19.4. The molecule has 0 bridgehead atoms. The predicted octanol–water partition coefficient (Wildman–Crippen LogP) is 1.17. The van der Waals surface area contributed by atoms with Crippen molar-refractivity contribution < 1.29 is 14.3 Å². The Hall–Kier alpha value is -2.32. The molecule has 2 aliphatic rings. The molecule has 2 aliphatic heterocycles. The summed E-state index contributed by atoms with van der Waals surface area (Å²) in [4.78, 5) is 28.4. The van der Waals surface area contributed by atoms with Gasteiger partial charge in [0.15, 0.2) is 0 Å². The van der Waals surface area contributed by atoms with E-state index in [1.807, 2.05) is 29.2 Å². The summed E-state index contributed by atoms with van der Waals surface area (Å²) >= 11 is 0. The van der Waals surface area contributed by atoms with Crippen LogP contribution >= 0.6 is 0 Å². The number of hydrogen-bond acceptors (Lipinski definition) is 6. The van der Waals surface area contributed by atoms with E-state index >= 15 is 0 Å². The Morgan fingerprint density at radius 1 is 1.11 bits per heavy atom. The zero-order valence-corrected chi connectivity index (χ0v) is 15.9. The Bertz CT molecular complexity index is 640. The fourth-order valence-electron chi connectivity index (χ4n) is 3.64. The second-order valence-corrected chi connectivity index (χ2v) is 6.91. The molecule has 3 N–H and O–H groups in total. The van der Waals surface area contributed by atoms with Crippen molar-refractivity contribution in [1.82, 2.24) is 15.1 Å². The second-order valence-electron chi connectivity index (χ2n) is 6.91. The smallest absolute Gasteiger partial charge is 0.325 e. The fourth-order valence-corrected chi connectivity index (χ4v) is 3.64. The van der Waals surface area contributed by atoms with Crippen molar-refractivity contribution in [2.75, 3.05) is 63.6 Å². The molecule has 2 heterocycles. The van der Waals surface area contributed by atoms with Crippen LogP contribution in [0.5, 0.6) is 0 Å². The Balaban J connectivity index is 1.51. The molecule has 148 valence electrons. The van der Waals surface area contributed by atoms with Gasteiger partial charge in [-0.2, -0.15) is 0 Å². The van der Waals surface area contributed by atoms with Crippen molar-refractivity contribution in [2.45, 2.75) is 18.9 Å². The second kappa shape index (κ2) is 9.57. The maximum Gasteiger partial charge on any atom is 0.325 e. The molecule has 0 atom stereocenters. The Morgan fingerprint density at radius 3 is 2.44 bits per heavy atom. The summed E-state index contributed by atoms with van der Waals surface area (Å²) in [7, 11) is 1.35. The molecule has 8 heteroatoms. The number of nitrogens with zero attached hydrogens (tertiary/aromatic N) is 2. The Kier molecular flexibility index (Phi) is 6.89. The van der Waals surface area contributed by atoms with Crippen LogP contribution in [0.2, 0.25) is 0 Å². The van der Waals surface area contributed by atoms with E-state index in [-0.39, 0.29) is 18.5 Å². The van der Waals surface area contributed by atoms with Gasteiger partial charge in [-0.15, -0.1) is 0 Å². The Labute approximate surface area is 160 Å². The minimum Gasteiger partial charge on any atom is -0.468 e. The summed E-state index contributed by atoms with van der Waals surface area (Å²) in [5.74, 6) is -0.356. The van der Waals surface area contributed by atoms with E-state index in [0.29, 0.717) is 17.4 Å². The number of esters is 1. The van der Waals surface area contributed by atoms with E-state index in [0.717, 1.165) is 39.3 Å². The van der Waals surface area contributed by atoms with Crippen LogP contribution in [-0.4, -0.2) is 80.8 Å². The van der Waals surface area contributed by atoms with Crippen LogP contribution in [0.1, 0.15) is 12.8 Å². The first-order valence-electron chi connectivity index (χ1n) is 9.58. The van der Waals surface area contributed by atoms with Crippen molar-refractivity contribution in [3.05, 3.63) is 24.3 Å². The lowest BCUT2D eigenvalue weighted by atomic mass is 10.0. The number of hydrogen-bond donors (Lipinski definition) is 3. The standard InChI is InChI=1S/C19H29N5O3/c1-27-18(25)14-21-16-4-2-3-5-17(16)22-19(26)24-12-10-23(11-13-24)15-6-8-20-9-7-15/h2-5,15,20-21H,6-14H2,1H3,(H,22,26). The van der Waals surface area contributed by atoms with Crippen LogP contribution in [0.4, 0.5) is 16.2 Å². The average molecular weight is 375 g/mol. The third-order valence-corrected chi connectivity index (χ3v) is 5.25. The van der Waals surface area contributed by atoms with Gasteiger partial charge in [-0.05, 0) is 38.1 Å². The molecular formula is C19H29N5O3. The minimum absolute atomic E-state index is 0.0539. The summed E-state index contributed by atoms with van der Waals surface area (Å²) in [6.45, 7) is 5.52. The van der Waals surface area contributed by atoms with E-state index in [1.165, 1.54) is 20.0 Å². The average Bonchev–Trinajstić information content (AvgIpc) is 2.73. The molecule has 0 radical (unpaired) electrons. The highest BCUT2D eigenvalue weighted by atomic mass is 16.5. The quantitative estimate of drug-likeness (QED) is 0.670. The molecule has 0 spiro atoms. The Morgan fingerprint density at radius 2 is 1.78 bits per heavy atom. The largest absolute Gasteiger partial charge is 0.468 e. The molecule has 3 rings (SSSR count). The lowest BCUT2D eigenvalue weighted by Crippen LogP contribution is -2.54. The highest BCUT2D eigenvalue weighted by molar-refractivity contribution is 5.93. The number of carbonyl (C=O) groups excluding carboxylic acids is 2. The van der Waals surface area contributed by atoms with Crippen LogP contribution in [0.3, 0.4) is 0 Å². The molecule has 1 aromatic carbocycles. The molecule has 0 aliphatic carbocycles. The number of amides is 2. The normalized spacial score (nSPS) is 18.8. The third-order valence-electron chi connectivity index (χ3n) is 5.25. The number of anilines is 2. The van der Waals surface area contributed by atoms with Crippen molar-refractivity contribution >= 4 is 23.4 Å². The zero-order chi connectivity index (χ0) is 19.1. The highest BCUT2D eigenvalue weighted by Gasteiger charge is 2.27. The summed E-state index contributed by atoms with van der Waals surface area (Å²) in [6.07, 6.45) is 2.37. The summed E-state index contributed by atoms with van der Waals surface area (Å²) in [5.41, 5.74) is 1.36. The van der Waals surface area contributed by atoms with Gasteiger partial charge in [0.1, 0.15) is 6.54 Å². The van der Waals surface area contributed by atoms with Gasteiger partial charge in [-0.25, -0.2) is 4.79 Å². The van der Waals surface area contributed by atoms with Crippen LogP contribution in [-0.2, 0) is 9.53 Å². The number of rotatable bonds is 5. The lowest BCUT2D eigenvalue weighted by Gasteiger charge is -2.40. The number of carbonyl (C=O) groups is 2. The monoisotopic (exact) mass is 375 g/mol. The molecule has 1 aromatic rings. The molecule has 0 aromatic heterocycles. The van der Waals surface area contributed by atoms with E-state index < -0.39 is 0 Å². The summed E-state index contributed by atoms with van der Waals surface area (Å²) in [6, 6.07) is 7.89. The van der Waals surface area contributed by atoms with Crippen molar-refractivity contribution in [3.8, 4) is 0 Å². The number of ether oxygens (including phenoxy) is 1. The molecule has 27 heavy (non-hydrogen) atoms. The van der Waals surface area contributed by atoms with Gasteiger partial charge < -0.3 is 25.6 Å². The van der Waals surface area contributed by atoms with Gasteiger partial charge in [-0.3, -0.25) is 9.69 Å². The third kappa shape index (κ3) is 5.33. The number of methoxy groups -OCH3 is 1. The highest BCUT2D eigenvalue weighted by Crippen LogP contribution is 2.22. The van der Waals surface area contributed by atoms with Crippen molar-refractivity contribution in [1.29, 1.82) is 0 Å². The summed E-state index contributed by atoms with van der Waals surface area (Å²) in [5, 5.41) is 9.36. The molecular weight excluding hydrogens is 346 g/mol. The van der Waals surface area contributed by atoms with E-state index in [1.54, 1.807) is 0 Å². The van der Waals surface area contributed by atoms with Crippen LogP contribution in [0.15, 0.2) is 24.3 Å². The molecule has 8 nitrogen and oxygen atoms in total. The zero-order valence-electron chi connectivity index (χ0n) is 15.9. The summed E-state index contributed by atoms with van der Waals surface area (Å²) < 4.78 is 4.64. The minimum atomic E-state index is -0.356. The molecule has 2 saturated heterocycles. The van der Waals surface area contributed by atoms with Crippen LogP contribution < -0.4 is 16.0 Å². The number of benzene rings is 1. The van der Waals surface area contributed by atoms with Gasteiger partial charge in [0.2, 0.25) is 0 Å². The number of para-hydroxylation sites is 2. The van der Waals surface area contributed by atoms with E-state index in [9.17, 15) is 9.59 Å². The predicted molar refractivity (Wildman–Crippen MR) is 105 cm³/mol. The topological polar surface area (TPSA) is 85.9 Å². The number of nitrogens with one attached hydrogen (secondary N) is 3. The number of piperidine rings is 1. The maximum absolute atomic E-state index is 12.7. The van der Waals surface area contributed by atoms with Gasteiger partial charge in [0.05, 0.1) is 18.5 Å². The molecule has 2 amide bonds. The first-order valence-corrected chi connectivity index (χ1v) is 9.58. The lowest BCUT2D eigenvalue weighted by molar-refractivity contribution is -0.138. The van der Waals surface area contributed by atoms with Crippen LogP contribution in [0.25, 0.3) is 0 Å². The molecule has 0 unspecified atom stereocenters. The van der Waals surface area contributed by atoms with E-state index in [2.05, 4.69) is 25.6 Å². The van der Waals surface area contributed by atoms with E-state index in [4.69, 9.17) is 0 Å². The van der Waals surface area contributed by atoms with Gasteiger partial charge in [-0.1, -0.05) is 12.1 Å². The SMILES string of the molecule is COC(=O)CNc1ccccc1NC(=O)N1CCN(C2CCNCC2)CC1. The van der Waals surface area contributed by atoms with Crippen LogP contribution in [0, 0.1) is 0 Å². The van der Waals surface area contributed by atoms with Gasteiger partial charge >= 0.3 is 12.0 Å². The fraction of sp³-hybridized carbons (Fsp3) is 0.579. The maximum atomic E-state index is 12.7. The van der Waals surface area contributed by atoms with Crippen molar-refractivity contribution in [2.24, 2.45) is 0 Å². The number of piperazine rings is 1. The van der Waals surface area contributed by atoms with Crippen molar-refractivity contribution in [3.63, 3.8) is 0 Å². The first-order chi connectivity index (χ1) is 13.2. The number of urea groups is 1. The molecule has 0 saturated carbocycles.